The molecule has 0 bridgehead atoms. The van der Waals surface area contributed by atoms with Gasteiger partial charge in [-0.3, -0.25) is 19.6 Å². The van der Waals surface area contributed by atoms with Gasteiger partial charge in [0.15, 0.2) is 5.78 Å². The lowest BCUT2D eigenvalue weighted by molar-refractivity contribution is -0.383. The number of anilines is 1. The Morgan fingerprint density at radius 3 is 2.31 bits per heavy atom. The van der Waals surface area contributed by atoms with Gasteiger partial charge in [-0.05, 0) is 45.0 Å². The molecule has 7 nitrogen and oxygen atoms in total. The van der Waals surface area contributed by atoms with E-state index in [1.807, 2.05) is 0 Å². The molecule has 2 aromatic carbocycles. The highest BCUT2D eigenvalue weighted by Crippen LogP contribution is 2.30. The summed E-state index contributed by atoms with van der Waals surface area (Å²) in [5, 5.41) is 11.2. The average molecular weight is 441 g/mol. The second kappa shape index (κ2) is 7.16. The van der Waals surface area contributed by atoms with Gasteiger partial charge in [-0.2, -0.15) is 0 Å². The zero-order chi connectivity index (χ0) is 19.7. The summed E-state index contributed by atoms with van der Waals surface area (Å²) in [7, 11) is -3.90. The standard InChI is InChI=1S/C17H17BrN2O5S/c1-17(2,3)26(24,25)19-14-10-11(8-9-15(14)20(22)23)16(21)12-6-4-5-7-13(12)18/h4-10,19H,1-3H3. The predicted octanol–water partition coefficient (Wildman–Crippen LogP) is 4.13. The monoisotopic (exact) mass is 440 g/mol. The van der Waals surface area contributed by atoms with Gasteiger partial charge in [0.25, 0.3) is 5.69 Å². The van der Waals surface area contributed by atoms with E-state index in [9.17, 15) is 23.3 Å². The normalized spacial score (nSPS) is 11.8. The number of halogens is 1. The molecule has 26 heavy (non-hydrogen) atoms. The Morgan fingerprint density at radius 2 is 1.77 bits per heavy atom. The van der Waals surface area contributed by atoms with Crippen LogP contribution in [0.2, 0.25) is 0 Å². The molecular weight excluding hydrogens is 424 g/mol. The van der Waals surface area contributed by atoms with Crippen LogP contribution >= 0.6 is 15.9 Å². The van der Waals surface area contributed by atoms with E-state index in [1.54, 1.807) is 24.3 Å². The molecular formula is C17H17BrN2O5S. The van der Waals surface area contributed by atoms with E-state index < -0.39 is 25.4 Å². The van der Waals surface area contributed by atoms with Crippen molar-refractivity contribution in [1.29, 1.82) is 0 Å². The third-order valence-corrected chi connectivity index (χ3v) is 6.42. The van der Waals surface area contributed by atoms with E-state index in [1.165, 1.54) is 32.9 Å². The molecule has 0 atom stereocenters. The van der Waals surface area contributed by atoms with Crippen molar-refractivity contribution in [1.82, 2.24) is 0 Å². The number of hydrogen-bond acceptors (Lipinski definition) is 5. The number of nitrogens with one attached hydrogen (secondary N) is 1. The number of benzene rings is 2. The highest BCUT2D eigenvalue weighted by molar-refractivity contribution is 9.10. The minimum atomic E-state index is -3.90. The van der Waals surface area contributed by atoms with Crippen molar-refractivity contribution < 1.29 is 18.1 Å². The highest BCUT2D eigenvalue weighted by Gasteiger charge is 2.31. The lowest BCUT2D eigenvalue weighted by Gasteiger charge is -2.20. The van der Waals surface area contributed by atoms with Crippen LogP contribution in [0.15, 0.2) is 46.9 Å². The SMILES string of the molecule is CC(C)(C)S(=O)(=O)Nc1cc(C(=O)c2ccccc2Br)ccc1[N+](=O)[O-]. The third kappa shape index (κ3) is 4.10. The van der Waals surface area contributed by atoms with Gasteiger partial charge in [0.2, 0.25) is 10.0 Å². The van der Waals surface area contributed by atoms with Crippen LogP contribution < -0.4 is 4.72 Å². The molecule has 1 N–H and O–H groups in total. The van der Waals surface area contributed by atoms with Crippen LogP contribution in [0.25, 0.3) is 0 Å². The lowest BCUT2D eigenvalue weighted by Crippen LogP contribution is -2.34. The molecule has 0 spiro atoms. The number of carbonyl (C=O) groups excluding carboxylic acids is 1. The fraction of sp³-hybridized carbons (Fsp3) is 0.235. The molecule has 138 valence electrons. The number of hydrogen-bond donors (Lipinski definition) is 1. The molecule has 0 radical (unpaired) electrons. The number of sulfonamides is 1. The molecule has 0 heterocycles. The Bertz CT molecular complexity index is 981. The Kier molecular flexibility index (Phi) is 5.52. The first kappa shape index (κ1) is 20.1. The van der Waals surface area contributed by atoms with E-state index in [0.29, 0.717) is 10.0 Å². The van der Waals surface area contributed by atoms with Crippen molar-refractivity contribution in [2.24, 2.45) is 0 Å². The number of nitro benzene ring substituents is 1. The lowest BCUT2D eigenvalue weighted by atomic mass is 10.0. The molecule has 2 rings (SSSR count). The number of nitrogens with zero attached hydrogens (tertiary/aromatic N) is 1. The Balaban J connectivity index is 2.55. The van der Waals surface area contributed by atoms with Gasteiger partial charge in [-0.1, -0.05) is 28.1 Å². The van der Waals surface area contributed by atoms with Gasteiger partial charge in [-0.15, -0.1) is 0 Å². The van der Waals surface area contributed by atoms with Gasteiger partial charge >= 0.3 is 0 Å². The van der Waals surface area contributed by atoms with E-state index in [-0.39, 0.29) is 17.0 Å². The summed E-state index contributed by atoms with van der Waals surface area (Å²) < 4.78 is 26.4. The maximum Gasteiger partial charge on any atom is 0.293 e. The van der Waals surface area contributed by atoms with Gasteiger partial charge in [0.05, 0.1) is 9.67 Å². The van der Waals surface area contributed by atoms with Crippen LogP contribution in [-0.4, -0.2) is 23.9 Å². The predicted molar refractivity (Wildman–Crippen MR) is 103 cm³/mol. The molecule has 0 saturated heterocycles. The molecule has 9 heteroatoms. The Labute approximate surface area is 159 Å². The Hall–Kier alpha value is -2.26. The number of ketones is 1. The van der Waals surface area contributed by atoms with E-state index in [2.05, 4.69) is 20.7 Å². The molecule has 0 saturated carbocycles. The maximum absolute atomic E-state index is 12.7. The first-order chi connectivity index (χ1) is 11.9. The number of carbonyl (C=O) groups is 1. The smallest absolute Gasteiger partial charge is 0.289 e. The second-order valence-corrected chi connectivity index (χ2v) is 9.81. The molecule has 0 aromatic heterocycles. The number of nitro groups is 1. The molecule has 0 aliphatic rings. The fourth-order valence-corrected chi connectivity index (χ4v) is 3.24. The van der Waals surface area contributed by atoms with Crippen molar-refractivity contribution in [3.8, 4) is 0 Å². The zero-order valence-corrected chi connectivity index (χ0v) is 16.7. The van der Waals surface area contributed by atoms with Crippen LogP contribution in [0.3, 0.4) is 0 Å². The number of rotatable bonds is 5. The summed E-state index contributed by atoms with van der Waals surface area (Å²) in [6.45, 7) is 4.41. The summed E-state index contributed by atoms with van der Waals surface area (Å²) >= 11 is 3.28. The first-order valence-corrected chi connectivity index (χ1v) is 9.81. The van der Waals surface area contributed by atoms with Gasteiger partial charge in [0.1, 0.15) is 5.69 Å². The highest BCUT2D eigenvalue weighted by atomic mass is 79.9. The molecule has 0 amide bonds. The molecule has 0 fully saturated rings. The minimum absolute atomic E-state index is 0.133. The van der Waals surface area contributed by atoms with Crippen molar-refractivity contribution in [3.05, 3.63) is 68.2 Å². The molecule has 0 unspecified atom stereocenters. The molecule has 0 aliphatic heterocycles. The third-order valence-electron chi connectivity index (χ3n) is 3.62. The van der Waals surface area contributed by atoms with Gasteiger partial charge < -0.3 is 0 Å². The summed E-state index contributed by atoms with van der Waals surface area (Å²) in [5.74, 6) is -0.386. The molecule has 0 aliphatic carbocycles. The van der Waals surface area contributed by atoms with Crippen LogP contribution in [0.4, 0.5) is 11.4 Å². The van der Waals surface area contributed by atoms with Gasteiger partial charge in [0, 0.05) is 21.7 Å². The summed E-state index contributed by atoms with van der Waals surface area (Å²) in [6, 6.07) is 10.3. The van der Waals surface area contributed by atoms with Crippen LogP contribution in [-0.2, 0) is 10.0 Å². The van der Waals surface area contributed by atoms with E-state index in [4.69, 9.17) is 0 Å². The van der Waals surface area contributed by atoms with Crippen LogP contribution in [0.5, 0.6) is 0 Å². The summed E-state index contributed by atoms with van der Waals surface area (Å²) in [5.41, 5.74) is -0.176. The topological polar surface area (TPSA) is 106 Å². The average Bonchev–Trinajstić information content (AvgIpc) is 2.53. The largest absolute Gasteiger partial charge is 0.293 e. The van der Waals surface area contributed by atoms with Crippen LogP contribution in [0, 0.1) is 10.1 Å². The fourth-order valence-electron chi connectivity index (χ4n) is 2.02. The van der Waals surface area contributed by atoms with Crippen molar-refractivity contribution in [2.45, 2.75) is 25.5 Å². The Morgan fingerprint density at radius 1 is 1.15 bits per heavy atom. The van der Waals surface area contributed by atoms with Crippen molar-refractivity contribution in [3.63, 3.8) is 0 Å². The minimum Gasteiger partial charge on any atom is -0.289 e. The first-order valence-electron chi connectivity index (χ1n) is 7.54. The van der Waals surface area contributed by atoms with Crippen molar-refractivity contribution >= 4 is 43.1 Å². The van der Waals surface area contributed by atoms with E-state index >= 15 is 0 Å². The van der Waals surface area contributed by atoms with Crippen LogP contribution in [0.1, 0.15) is 36.7 Å². The quantitative estimate of drug-likeness (QED) is 0.427. The van der Waals surface area contributed by atoms with Gasteiger partial charge in [-0.25, -0.2) is 8.42 Å². The van der Waals surface area contributed by atoms with Crippen molar-refractivity contribution in [2.75, 3.05) is 4.72 Å². The summed E-state index contributed by atoms with van der Waals surface area (Å²) in [6.07, 6.45) is 0. The molecule has 2 aromatic rings. The second-order valence-electron chi connectivity index (χ2n) is 6.52. The van der Waals surface area contributed by atoms with E-state index in [0.717, 1.165) is 6.07 Å². The zero-order valence-electron chi connectivity index (χ0n) is 14.3. The summed E-state index contributed by atoms with van der Waals surface area (Å²) in [4.78, 5) is 23.2. The maximum atomic E-state index is 12.7.